The summed E-state index contributed by atoms with van der Waals surface area (Å²) >= 11 is 5.68. The lowest BCUT2D eigenvalue weighted by Crippen LogP contribution is -2.28. The molecule has 1 aromatic heterocycles. The Hall–Kier alpha value is -2.86. The van der Waals surface area contributed by atoms with Crippen LogP contribution < -0.4 is 10.6 Å². The number of benzene rings is 2. The average molecular weight is 359 g/mol. The number of nitrogens with zero attached hydrogens (tertiary/aromatic N) is 2. The molecule has 0 aliphatic rings. The predicted molar refractivity (Wildman–Crippen MR) is 95.0 cm³/mol. The molecule has 0 saturated carbocycles. The van der Waals surface area contributed by atoms with E-state index < -0.39 is 11.8 Å². The summed E-state index contributed by atoms with van der Waals surface area (Å²) in [5, 5.41) is 9.24. The fourth-order valence-corrected chi connectivity index (χ4v) is 2.47. The molecule has 1 heterocycles. The van der Waals surface area contributed by atoms with Gasteiger partial charge in [-0.1, -0.05) is 41.9 Å². The Labute approximate surface area is 149 Å². The fourth-order valence-electron chi connectivity index (χ4n) is 2.29. The van der Waals surface area contributed by atoms with Crippen LogP contribution in [0.1, 0.15) is 11.1 Å². The van der Waals surface area contributed by atoms with E-state index in [0.29, 0.717) is 13.1 Å². The van der Waals surface area contributed by atoms with Crippen LogP contribution in [0.5, 0.6) is 0 Å². The number of carbonyl (C=O) groups is 1. The van der Waals surface area contributed by atoms with Gasteiger partial charge in [-0.25, -0.2) is 9.18 Å². The van der Waals surface area contributed by atoms with E-state index in [1.807, 2.05) is 41.2 Å². The van der Waals surface area contributed by atoms with Crippen molar-refractivity contribution in [3.05, 3.63) is 82.9 Å². The molecule has 3 aromatic rings. The first kappa shape index (κ1) is 17.0. The Morgan fingerprint density at radius 3 is 2.60 bits per heavy atom. The number of halogens is 2. The van der Waals surface area contributed by atoms with Crippen molar-refractivity contribution < 1.29 is 9.18 Å². The molecule has 0 spiro atoms. The van der Waals surface area contributed by atoms with Crippen LogP contribution >= 0.6 is 11.6 Å². The van der Waals surface area contributed by atoms with Crippen LogP contribution in [-0.4, -0.2) is 15.8 Å². The molecule has 0 unspecified atom stereocenters. The van der Waals surface area contributed by atoms with E-state index in [-0.39, 0.29) is 10.7 Å². The minimum Gasteiger partial charge on any atom is -0.334 e. The smallest absolute Gasteiger partial charge is 0.319 e. The second-order valence-electron chi connectivity index (χ2n) is 5.43. The first-order chi connectivity index (χ1) is 12.1. The Morgan fingerprint density at radius 1 is 1.12 bits per heavy atom. The van der Waals surface area contributed by atoms with Crippen molar-refractivity contribution in [1.82, 2.24) is 15.1 Å². The zero-order chi connectivity index (χ0) is 17.6. The maximum absolute atomic E-state index is 13.7. The maximum Gasteiger partial charge on any atom is 0.319 e. The Bertz CT molecular complexity index is 850. The molecule has 2 N–H and O–H groups in total. The highest BCUT2D eigenvalue weighted by molar-refractivity contribution is 6.31. The van der Waals surface area contributed by atoms with Crippen LogP contribution in [0.15, 0.2) is 60.9 Å². The molecule has 0 aliphatic heterocycles. The number of carbonyl (C=O) groups excluding carboxylic acids is 1. The highest BCUT2D eigenvalue weighted by atomic mass is 35.5. The highest BCUT2D eigenvalue weighted by Crippen LogP contribution is 2.21. The number of urea groups is 1. The molecule has 0 atom stereocenters. The number of rotatable bonds is 5. The minimum atomic E-state index is -0.651. The second-order valence-corrected chi connectivity index (χ2v) is 5.84. The number of hydrogen-bond donors (Lipinski definition) is 2. The molecule has 5 nitrogen and oxygen atoms in total. The van der Waals surface area contributed by atoms with Gasteiger partial charge in [0, 0.05) is 18.9 Å². The summed E-state index contributed by atoms with van der Waals surface area (Å²) in [7, 11) is 0. The zero-order valence-corrected chi connectivity index (χ0v) is 14.0. The van der Waals surface area contributed by atoms with Crippen LogP contribution in [0.25, 0.3) is 0 Å². The monoisotopic (exact) mass is 358 g/mol. The largest absolute Gasteiger partial charge is 0.334 e. The van der Waals surface area contributed by atoms with E-state index in [1.165, 1.54) is 12.1 Å². The van der Waals surface area contributed by atoms with Gasteiger partial charge in [0.15, 0.2) is 5.82 Å². The Balaban J connectivity index is 1.52. The maximum atomic E-state index is 13.7. The standard InChI is InChI=1S/C18H16ClFN4O/c19-15-3-1-4-16(17(15)20)23-18(25)21-11-13-5-7-14(8-6-13)12-24-10-2-9-22-24/h1-10H,11-12H2,(H2,21,23,25). The number of anilines is 1. The molecular formula is C18H16ClFN4O. The van der Waals surface area contributed by atoms with Crippen LogP contribution in [0.4, 0.5) is 14.9 Å². The van der Waals surface area contributed by atoms with Crippen LogP contribution in [0.3, 0.4) is 0 Å². The van der Waals surface area contributed by atoms with Crippen molar-refractivity contribution in [2.45, 2.75) is 13.1 Å². The van der Waals surface area contributed by atoms with Gasteiger partial charge in [0.05, 0.1) is 17.3 Å². The quantitative estimate of drug-likeness (QED) is 0.723. The van der Waals surface area contributed by atoms with Crippen LogP contribution in [0.2, 0.25) is 5.02 Å². The summed E-state index contributed by atoms with van der Waals surface area (Å²) in [5.74, 6) is -0.651. The molecule has 0 bridgehead atoms. The van der Waals surface area contributed by atoms with Crippen molar-refractivity contribution >= 4 is 23.3 Å². The van der Waals surface area contributed by atoms with Gasteiger partial charge < -0.3 is 10.6 Å². The summed E-state index contributed by atoms with van der Waals surface area (Å²) < 4.78 is 15.6. The summed E-state index contributed by atoms with van der Waals surface area (Å²) in [6.45, 7) is 1.02. The van der Waals surface area contributed by atoms with Gasteiger partial charge in [0.2, 0.25) is 0 Å². The molecule has 3 rings (SSSR count). The van der Waals surface area contributed by atoms with E-state index in [1.54, 1.807) is 12.3 Å². The van der Waals surface area contributed by atoms with E-state index >= 15 is 0 Å². The molecule has 2 aromatic carbocycles. The number of aromatic nitrogens is 2. The first-order valence-electron chi connectivity index (χ1n) is 7.66. The average Bonchev–Trinajstić information content (AvgIpc) is 3.11. The van der Waals surface area contributed by atoms with Crippen LogP contribution in [0, 0.1) is 5.82 Å². The Morgan fingerprint density at radius 2 is 1.88 bits per heavy atom. The summed E-state index contributed by atoms with van der Waals surface area (Å²) in [6.07, 6.45) is 3.63. The van der Waals surface area contributed by atoms with E-state index in [9.17, 15) is 9.18 Å². The lowest BCUT2D eigenvalue weighted by Gasteiger charge is -2.09. The molecule has 0 saturated heterocycles. The molecule has 0 fully saturated rings. The fraction of sp³-hybridized carbons (Fsp3) is 0.111. The van der Waals surface area contributed by atoms with Crippen molar-refractivity contribution in [2.75, 3.05) is 5.32 Å². The summed E-state index contributed by atoms with van der Waals surface area (Å²) in [6, 6.07) is 13.6. The van der Waals surface area contributed by atoms with Gasteiger partial charge >= 0.3 is 6.03 Å². The number of hydrogen-bond acceptors (Lipinski definition) is 2. The van der Waals surface area contributed by atoms with Gasteiger partial charge in [-0.15, -0.1) is 0 Å². The molecule has 128 valence electrons. The van der Waals surface area contributed by atoms with Crippen molar-refractivity contribution in [2.24, 2.45) is 0 Å². The molecule has 2 amide bonds. The van der Waals surface area contributed by atoms with Crippen LogP contribution in [-0.2, 0) is 13.1 Å². The molecular weight excluding hydrogens is 343 g/mol. The molecule has 0 radical (unpaired) electrons. The minimum absolute atomic E-state index is 0.0365. The van der Waals surface area contributed by atoms with Gasteiger partial charge in [0.1, 0.15) is 0 Å². The summed E-state index contributed by atoms with van der Waals surface area (Å²) in [4.78, 5) is 11.9. The van der Waals surface area contributed by atoms with Crippen molar-refractivity contribution in [3.63, 3.8) is 0 Å². The van der Waals surface area contributed by atoms with E-state index in [2.05, 4.69) is 15.7 Å². The SMILES string of the molecule is O=C(NCc1ccc(Cn2cccn2)cc1)Nc1cccc(Cl)c1F. The number of amides is 2. The topological polar surface area (TPSA) is 59.0 Å². The van der Waals surface area contributed by atoms with E-state index in [0.717, 1.165) is 11.1 Å². The molecule has 25 heavy (non-hydrogen) atoms. The lowest BCUT2D eigenvalue weighted by atomic mass is 10.1. The predicted octanol–water partition coefficient (Wildman–Crippen LogP) is 4.05. The van der Waals surface area contributed by atoms with Gasteiger partial charge in [0.25, 0.3) is 0 Å². The van der Waals surface area contributed by atoms with Gasteiger partial charge in [-0.05, 0) is 29.3 Å². The third kappa shape index (κ3) is 4.58. The third-order valence-corrected chi connectivity index (χ3v) is 3.87. The molecule has 7 heteroatoms. The molecule has 0 aliphatic carbocycles. The third-order valence-electron chi connectivity index (χ3n) is 3.58. The highest BCUT2D eigenvalue weighted by Gasteiger charge is 2.09. The number of nitrogens with one attached hydrogen (secondary N) is 2. The summed E-state index contributed by atoms with van der Waals surface area (Å²) in [5.41, 5.74) is 2.09. The Kier molecular flexibility index (Phi) is 5.30. The first-order valence-corrected chi connectivity index (χ1v) is 8.04. The lowest BCUT2D eigenvalue weighted by molar-refractivity contribution is 0.251. The van der Waals surface area contributed by atoms with Crippen molar-refractivity contribution in [3.8, 4) is 0 Å². The van der Waals surface area contributed by atoms with Gasteiger partial charge in [-0.2, -0.15) is 5.10 Å². The van der Waals surface area contributed by atoms with Crippen molar-refractivity contribution in [1.29, 1.82) is 0 Å². The van der Waals surface area contributed by atoms with Gasteiger partial charge in [-0.3, -0.25) is 4.68 Å². The second kappa shape index (κ2) is 7.81. The zero-order valence-electron chi connectivity index (χ0n) is 13.2. The van der Waals surface area contributed by atoms with E-state index in [4.69, 9.17) is 11.6 Å². The normalized spacial score (nSPS) is 10.5.